The molecule has 24 heavy (non-hydrogen) atoms. The molecule has 6 heteroatoms. The summed E-state index contributed by atoms with van der Waals surface area (Å²) in [5.41, 5.74) is 9.94. The molecule has 2 N–H and O–H groups in total. The lowest BCUT2D eigenvalue weighted by molar-refractivity contribution is -0.108. The SMILES string of the molecule is Cl.Cl.NC1CCN(CC2CN3c4c(cccc42)C=CC3C=O)CC1. The van der Waals surface area contributed by atoms with Crippen molar-refractivity contribution in [2.75, 3.05) is 31.1 Å². The summed E-state index contributed by atoms with van der Waals surface area (Å²) in [7, 11) is 0. The van der Waals surface area contributed by atoms with Crippen LogP contribution in [0.4, 0.5) is 5.69 Å². The summed E-state index contributed by atoms with van der Waals surface area (Å²) < 4.78 is 0. The molecule has 1 fully saturated rings. The van der Waals surface area contributed by atoms with Crippen molar-refractivity contribution in [3.05, 3.63) is 35.4 Å². The van der Waals surface area contributed by atoms with Crippen molar-refractivity contribution in [3.63, 3.8) is 0 Å². The van der Waals surface area contributed by atoms with Crippen LogP contribution in [-0.4, -0.2) is 49.4 Å². The molecule has 0 aliphatic carbocycles. The van der Waals surface area contributed by atoms with E-state index < -0.39 is 0 Å². The zero-order valence-electron chi connectivity index (χ0n) is 13.6. The molecule has 0 saturated carbocycles. The molecule has 0 amide bonds. The highest BCUT2D eigenvalue weighted by molar-refractivity contribution is 5.86. The molecule has 1 saturated heterocycles. The van der Waals surface area contributed by atoms with Crippen molar-refractivity contribution in [2.24, 2.45) is 5.73 Å². The molecule has 1 aromatic rings. The third-order valence-electron chi connectivity index (χ3n) is 5.33. The number of carbonyl (C=O) groups is 1. The summed E-state index contributed by atoms with van der Waals surface area (Å²) in [6.07, 6.45) is 7.36. The van der Waals surface area contributed by atoms with Crippen molar-refractivity contribution >= 4 is 42.9 Å². The number of likely N-dealkylation sites (tertiary alicyclic amines) is 1. The molecule has 3 aliphatic heterocycles. The molecule has 132 valence electrons. The fraction of sp³-hybridized carbons (Fsp3) is 0.500. The summed E-state index contributed by atoms with van der Waals surface area (Å²) in [4.78, 5) is 16.2. The third-order valence-corrected chi connectivity index (χ3v) is 5.33. The van der Waals surface area contributed by atoms with Crippen LogP contribution in [0.5, 0.6) is 0 Å². The molecule has 4 rings (SSSR count). The molecule has 0 radical (unpaired) electrons. The van der Waals surface area contributed by atoms with Gasteiger partial charge in [0, 0.05) is 30.7 Å². The van der Waals surface area contributed by atoms with Crippen molar-refractivity contribution < 1.29 is 4.79 Å². The van der Waals surface area contributed by atoms with Gasteiger partial charge in [0.05, 0.1) is 0 Å². The molecule has 3 heterocycles. The average Bonchev–Trinajstić information content (AvgIpc) is 2.91. The molecule has 4 nitrogen and oxygen atoms in total. The number of hydrogen-bond acceptors (Lipinski definition) is 4. The molecular weight excluding hydrogens is 345 g/mol. The van der Waals surface area contributed by atoms with E-state index in [2.05, 4.69) is 34.1 Å². The number of nitrogens with zero attached hydrogens (tertiary/aromatic N) is 2. The van der Waals surface area contributed by atoms with Gasteiger partial charge in [-0.2, -0.15) is 0 Å². The van der Waals surface area contributed by atoms with Gasteiger partial charge in [-0.3, -0.25) is 0 Å². The lowest BCUT2D eigenvalue weighted by atomic mass is 9.96. The summed E-state index contributed by atoms with van der Waals surface area (Å²) in [5, 5.41) is 0. The quantitative estimate of drug-likeness (QED) is 0.831. The highest BCUT2D eigenvalue weighted by Gasteiger charge is 2.36. The first-order valence-electron chi connectivity index (χ1n) is 8.27. The van der Waals surface area contributed by atoms with Gasteiger partial charge >= 0.3 is 0 Å². The number of benzene rings is 1. The smallest absolute Gasteiger partial charge is 0.146 e. The largest absolute Gasteiger partial charge is 0.357 e. The predicted molar refractivity (Wildman–Crippen MR) is 104 cm³/mol. The molecule has 2 unspecified atom stereocenters. The molecule has 3 aliphatic rings. The Balaban J connectivity index is 0.00000104. The van der Waals surface area contributed by atoms with Gasteiger partial charge in [0.2, 0.25) is 0 Å². The second kappa shape index (κ2) is 7.87. The lowest BCUT2D eigenvalue weighted by Crippen LogP contribution is -2.42. The minimum absolute atomic E-state index is 0. The molecule has 0 bridgehead atoms. The van der Waals surface area contributed by atoms with E-state index in [0.717, 1.165) is 45.3 Å². The zero-order valence-corrected chi connectivity index (χ0v) is 15.3. The van der Waals surface area contributed by atoms with Crippen molar-refractivity contribution in [1.29, 1.82) is 0 Å². The van der Waals surface area contributed by atoms with Crippen LogP contribution in [0.3, 0.4) is 0 Å². The van der Waals surface area contributed by atoms with Crippen LogP contribution in [-0.2, 0) is 4.79 Å². The zero-order chi connectivity index (χ0) is 15.1. The van der Waals surface area contributed by atoms with Crippen LogP contribution in [0, 0.1) is 0 Å². The Morgan fingerprint density at radius 2 is 1.96 bits per heavy atom. The Labute approximate surface area is 155 Å². The Kier molecular flexibility index (Phi) is 6.32. The van der Waals surface area contributed by atoms with E-state index >= 15 is 0 Å². The lowest BCUT2D eigenvalue weighted by Gasteiger charge is -2.32. The Morgan fingerprint density at radius 1 is 1.21 bits per heavy atom. The number of aldehydes is 1. The summed E-state index contributed by atoms with van der Waals surface area (Å²) in [6.45, 7) is 4.22. The molecule has 0 aromatic heterocycles. The van der Waals surface area contributed by atoms with Gasteiger partial charge in [-0.25, -0.2) is 0 Å². The maximum atomic E-state index is 11.4. The second-order valence-electron chi connectivity index (χ2n) is 6.76. The van der Waals surface area contributed by atoms with Crippen molar-refractivity contribution in [3.8, 4) is 0 Å². The van der Waals surface area contributed by atoms with Crippen LogP contribution in [0.15, 0.2) is 24.3 Å². The number of para-hydroxylation sites is 1. The van der Waals surface area contributed by atoms with E-state index in [1.807, 2.05) is 6.08 Å². The van der Waals surface area contributed by atoms with Crippen LogP contribution in [0.25, 0.3) is 6.08 Å². The normalized spacial score (nSPS) is 25.6. The molecular formula is C18H25Cl2N3O. The summed E-state index contributed by atoms with van der Waals surface area (Å²) >= 11 is 0. The molecule has 2 atom stereocenters. The monoisotopic (exact) mass is 369 g/mol. The van der Waals surface area contributed by atoms with E-state index in [4.69, 9.17) is 5.73 Å². The maximum absolute atomic E-state index is 11.4. The standard InChI is InChI=1S/C18H23N3O.2ClH/c19-15-6-8-20(9-7-15)10-14-11-21-16(12-22)5-4-13-2-1-3-17(14)18(13)21;;/h1-5,12,14-16H,6-11,19H2;2*1H. The first-order chi connectivity index (χ1) is 10.8. The van der Waals surface area contributed by atoms with E-state index in [1.165, 1.54) is 16.8 Å². The van der Waals surface area contributed by atoms with Gasteiger partial charge in [-0.05, 0) is 37.1 Å². The summed E-state index contributed by atoms with van der Waals surface area (Å²) in [6, 6.07) is 6.79. The highest BCUT2D eigenvalue weighted by atomic mass is 35.5. The average molecular weight is 370 g/mol. The number of hydrogen-bond donors (Lipinski definition) is 1. The number of piperidine rings is 1. The predicted octanol–water partition coefficient (Wildman–Crippen LogP) is 2.45. The van der Waals surface area contributed by atoms with Crippen LogP contribution < -0.4 is 10.6 Å². The first-order valence-corrected chi connectivity index (χ1v) is 8.27. The van der Waals surface area contributed by atoms with E-state index in [-0.39, 0.29) is 30.9 Å². The Morgan fingerprint density at radius 3 is 2.67 bits per heavy atom. The van der Waals surface area contributed by atoms with Gasteiger partial charge in [0.25, 0.3) is 0 Å². The fourth-order valence-corrected chi connectivity index (χ4v) is 4.10. The topological polar surface area (TPSA) is 49.6 Å². The summed E-state index contributed by atoms with van der Waals surface area (Å²) in [5.74, 6) is 0.492. The minimum Gasteiger partial charge on any atom is -0.357 e. The first kappa shape index (κ1) is 19.3. The number of anilines is 1. The van der Waals surface area contributed by atoms with Crippen LogP contribution >= 0.6 is 24.8 Å². The van der Waals surface area contributed by atoms with E-state index in [9.17, 15) is 4.79 Å². The highest BCUT2D eigenvalue weighted by Crippen LogP contribution is 2.43. The third kappa shape index (κ3) is 3.33. The number of rotatable bonds is 3. The maximum Gasteiger partial charge on any atom is 0.146 e. The van der Waals surface area contributed by atoms with Gasteiger partial charge in [0.15, 0.2) is 0 Å². The van der Waals surface area contributed by atoms with Gasteiger partial charge in [-0.15, -0.1) is 24.8 Å². The number of halogens is 2. The minimum atomic E-state index is -0.103. The van der Waals surface area contributed by atoms with Crippen LogP contribution in [0.1, 0.15) is 29.9 Å². The number of carbonyl (C=O) groups excluding carboxylic acids is 1. The Hall–Kier alpha value is -1.07. The molecule has 1 aromatic carbocycles. The van der Waals surface area contributed by atoms with Crippen molar-refractivity contribution in [1.82, 2.24) is 4.90 Å². The second-order valence-corrected chi connectivity index (χ2v) is 6.76. The van der Waals surface area contributed by atoms with Gasteiger partial charge in [-0.1, -0.05) is 30.4 Å². The van der Waals surface area contributed by atoms with Crippen LogP contribution in [0.2, 0.25) is 0 Å². The fourth-order valence-electron chi connectivity index (χ4n) is 4.10. The number of nitrogens with two attached hydrogens (primary N) is 1. The van der Waals surface area contributed by atoms with Gasteiger partial charge < -0.3 is 20.3 Å². The van der Waals surface area contributed by atoms with Gasteiger partial charge in [0.1, 0.15) is 12.3 Å². The molecule has 0 spiro atoms. The Bertz CT molecular complexity index is 614. The van der Waals surface area contributed by atoms with E-state index in [0.29, 0.717) is 12.0 Å². The van der Waals surface area contributed by atoms with E-state index in [1.54, 1.807) is 0 Å². The van der Waals surface area contributed by atoms with Crippen molar-refractivity contribution in [2.45, 2.75) is 30.8 Å².